The summed E-state index contributed by atoms with van der Waals surface area (Å²) in [4.78, 5) is 0.581. The van der Waals surface area contributed by atoms with Gasteiger partial charge in [-0.3, -0.25) is 0 Å². The Labute approximate surface area is 88.7 Å². The molecule has 0 aliphatic carbocycles. The number of benzene rings is 1. The Kier molecular flexibility index (Phi) is 2.12. The van der Waals surface area contributed by atoms with Gasteiger partial charge >= 0.3 is 0 Å². The molecule has 2 aromatic rings. The molecule has 78 valence electrons. The van der Waals surface area contributed by atoms with E-state index in [0.717, 1.165) is 10.1 Å². The molecule has 5 nitrogen and oxygen atoms in total. The Hall–Kier alpha value is -1.95. The largest absolute Gasteiger partial charge is 0.504 e. The number of hydrogen-bond donors (Lipinski definition) is 4. The summed E-state index contributed by atoms with van der Waals surface area (Å²) in [6.07, 6.45) is 0. The van der Waals surface area contributed by atoms with Crippen molar-refractivity contribution in [2.75, 3.05) is 0 Å². The van der Waals surface area contributed by atoms with Crippen LogP contribution in [0.5, 0.6) is 11.5 Å². The van der Waals surface area contributed by atoms with Gasteiger partial charge in [0.15, 0.2) is 17.3 Å². The van der Waals surface area contributed by atoms with Crippen LogP contribution in [0.3, 0.4) is 0 Å². The topological polar surface area (TPSA) is 99.1 Å². The molecule has 15 heavy (non-hydrogen) atoms. The van der Waals surface area contributed by atoms with Crippen molar-refractivity contribution in [3.05, 3.63) is 23.1 Å². The first-order chi connectivity index (χ1) is 7.11. The van der Waals surface area contributed by atoms with Crippen molar-refractivity contribution in [1.82, 2.24) is 0 Å². The van der Waals surface area contributed by atoms with E-state index in [0.29, 0.717) is 4.88 Å². The first-order valence-electron chi connectivity index (χ1n) is 4.05. The molecule has 0 spiro atoms. The van der Waals surface area contributed by atoms with Crippen molar-refractivity contribution in [3.63, 3.8) is 0 Å². The minimum Gasteiger partial charge on any atom is -0.504 e. The number of fused-ring (bicyclic) bond motifs is 1. The van der Waals surface area contributed by atoms with E-state index in [-0.39, 0.29) is 17.3 Å². The molecule has 0 saturated carbocycles. The smallest absolute Gasteiger partial charge is 0.180 e. The van der Waals surface area contributed by atoms with Crippen LogP contribution in [0.15, 0.2) is 23.4 Å². The van der Waals surface area contributed by atoms with Crippen molar-refractivity contribution >= 4 is 27.3 Å². The monoisotopic (exact) mass is 224 g/mol. The molecule has 1 aromatic carbocycles. The highest BCUT2D eigenvalue weighted by Gasteiger charge is 2.08. The number of oxime groups is 1. The van der Waals surface area contributed by atoms with E-state index >= 15 is 0 Å². The van der Waals surface area contributed by atoms with Crippen molar-refractivity contribution in [2.24, 2.45) is 10.9 Å². The molecule has 0 fully saturated rings. The van der Waals surface area contributed by atoms with E-state index in [1.165, 1.54) is 23.5 Å². The van der Waals surface area contributed by atoms with Crippen LogP contribution in [0.4, 0.5) is 0 Å². The Balaban J connectivity index is 2.66. The van der Waals surface area contributed by atoms with Crippen molar-refractivity contribution < 1.29 is 15.4 Å². The van der Waals surface area contributed by atoms with Gasteiger partial charge in [-0.2, -0.15) is 0 Å². The second kappa shape index (κ2) is 3.32. The summed E-state index contributed by atoms with van der Waals surface area (Å²) in [5.41, 5.74) is 5.42. The lowest BCUT2D eigenvalue weighted by Gasteiger charge is -1.95. The van der Waals surface area contributed by atoms with Gasteiger partial charge in [0.25, 0.3) is 0 Å². The number of nitrogens with two attached hydrogens (primary N) is 1. The molecular weight excluding hydrogens is 216 g/mol. The Morgan fingerprint density at radius 1 is 1.20 bits per heavy atom. The van der Waals surface area contributed by atoms with Gasteiger partial charge in [0.2, 0.25) is 0 Å². The molecule has 1 aromatic heterocycles. The SMILES string of the molecule is NC(=NO)c1cc2cc(O)c(O)cc2s1. The zero-order valence-electron chi connectivity index (χ0n) is 7.51. The zero-order chi connectivity index (χ0) is 11.0. The number of amidine groups is 1. The third-order valence-electron chi connectivity index (χ3n) is 1.97. The molecule has 0 aliphatic rings. The maximum atomic E-state index is 9.27. The summed E-state index contributed by atoms with van der Waals surface area (Å²) in [5, 5.41) is 30.6. The van der Waals surface area contributed by atoms with Crippen molar-refractivity contribution in [3.8, 4) is 11.5 Å². The normalized spacial score (nSPS) is 12.1. The molecule has 0 amide bonds. The van der Waals surface area contributed by atoms with Gasteiger partial charge in [0.05, 0.1) is 4.88 Å². The maximum Gasteiger partial charge on any atom is 0.180 e. The molecule has 0 aliphatic heterocycles. The minimum atomic E-state index is -0.189. The van der Waals surface area contributed by atoms with Gasteiger partial charge < -0.3 is 21.2 Å². The van der Waals surface area contributed by atoms with Gasteiger partial charge in [-0.15, -0.1) is 11.3 Å². The van der Waals surface area contributed by atoms with Crippen LogP contribution >= 0.6 is 11.3 Å². The molecule has 0 atom stereocenters. The average Bonchev–Trinajstić information content (AvgIpc) is 2.60. The van der Waals surface area contributed by atoms with E-state index in [1.54, 1.807) is 6.07 Å². The Morgan fingerprint density at radius 2 is 1.87 bits per heavy atom. The van der Waals surface area contributed by atoms with E-state index < -0.39 is 0 Å². The van der Waals surface area contributed by atoms with Crippen LogP contribution in [0.2, 0.25) is 0 Å². The molecule has 0 radical (unpaired) electrons. The van der Waals surface area contributed by atoms with E-state index in [9.17, 15) is 10.2 Å². The highest BCUT2D eigenvalue weighted by atomic mass is 32.1. The van der Waals surface area contributed by atoms with Crippen LogP contribution in [-0.2, 0) is 0 Å². The van der Waals surface area contributed by atoms with Crippen LogP contribution < -0.4 is 5.73 Å². The molecule has 0 bridgehead atoms. The van der Waals surface area contributed by atoms with Crippen molar-refractivity contribution in [2.45, 2.75) is 0 Å². The number of nitrogens with zero attached hydrogens (tertiary/aromatic N) is 1. The zero-order valence-corrected chi connectivity index (χ0v) is 8.32. The maximum absolute atomic E-state index is 9.27. The van der Waals surface area contributed by atoms with Crippen molar-refractivity contribution in [1.29, 1.82) is 0 Å². The molecule has 2 rings (SSSR count). The second-order valence-electron chi connectivity index (χ2n) is 2.97. The fourth-order valence-corrected chi connectivity index (χ4v) is 2.21. The van der Waals surface area contributed by atoms with E-state index in [2.05, 4.69) is 5.16 Å². The quantitative estimate of drug-likeness (QED) is 0.193. The predicted molar refractivity (Wildman–Crippen MR) is 57.7 cm³/mol. The van der Waals surface area contributed by atoms with Crippen LogP contribution in [0, 0.1) is 0 Å². The second-order valence-corrected chi connectivity index (χ2v) is 4.06. The Morgan fingerprint density at radius 3 is 2.53 bits per heavy atom. The highest BCUT2D eigenvalue weighted by Crippen LogP contribution is 2.34. The summed E-state index contributed by atoms with van der Waals surface area (Å²) in [6.45, 7) is 0. The number of rotatable bonds is 1. The summed E-state index contributed by atoms with van der Waals surface area (Å²) >= 11 is 1.27. The Bertz CT molecular complexity index is 509. The number of aromatic hydroxyl groups is 2. The third kappa shape index (κ3) is 1.55. The molecule has 6 heteroatoms. The third-order valence-corrected chi connectivity index (χ3v) is 3.09. The highest BCUT2D eigenvalue weighted by molar-refractivity contribution is 7.20. The lowest BCUT2D eigenvalue weighted by molar-refractivity contribution is 0.319. The van der Waals surface area contributed by atoms with Gasteiger partial charge in [-0.25, -0.2) is 0 Å². The van der Waals surface area contributed by atoms with E-state index in [4.69, 9.17) is 10.9 Å². The molecule has 1 heterocycles. The lowest BCUT2D eigenvalue weighted by Crippen LogP contribution is -2.10. The number of phenols is 2. The minimum absolute atomic E-state index is 0.00943. The number of hydrogen-bond acceptors (Lipinski definition) is 5. The lowest BCUT2D eigenvalue weighted by atomic mass is 10.2. The molecule has 5 N–H and O–H groups in total. The van der Waals surface area contributed by atoms with Crippen LogP contribution in [0.1, 0.15) is 4.88 Å². The summed E-state index contributed by atoms with van der Waals surface area (Å²) in [7, 11) is 0. The van der Waals surface area contributed by atoms with Gasteiger partial charge in [-0.05, 0) is 17.5 Å². The summed E-state index contributed by atoms with van der Waals surface area (Å²) in [6, 6.07) is 4.53. The standard InChI is InChI=1S/C9H8N2O3S/c10-9(11-14)8-2-4-1-5(12)6(13)3-7(4)15-8/h1-3,12-14H,(H2,10,11). The first kappa shape index (κ1) is 9.60. The number of phenolic OH excluding ortho intramolecular Hbond substituents is 2. The molecule has 0 saturated heterocycles. The van der Waals surface area contributed by atoms with Crippen LogP contribution in [0.25, 0.3) is 10.1 Å². The fourth-order valence-electron chi connectivity index (χ4n) is 1.24. The average molecular weight is 224 g/mol. The predicted octanol–water partition coefficient (Wildman–Crippen LogP) is 1.41. The van der Waals surface area contributed by atoms with E-state index in [1.807, 2.05) is 0 Å². The molecular formula is C9H8N2O3S. The fraction of sp³-hybridized carbons (Fsp3) is 0. The first-order valence-corrected chi connectivity index (χ1v) is 4.87. The summed E-state index contributed by atoms with van der Waals surface area (Å²) in [5.74, 6) is -0.364. The van der Waals surface area contributed by atoms with Gasteiger partial charge in [0, 0.05) is 10.8 Å². The van der Waals surface area contributed by atoms with Gasteiger partial charge in [-0.1, -0.05) is 5.16 Å². The van der Waals surface area contributed by atoms with Crippen LogP contribution in [-0.4, -0.2) is 21.3 Å². The van der Waals surface area contributed by atoms with Gasteiger partial charge in [0.1, 0.15) is 0 Å². The molecule has 0 unspecified atom stereocenters. The number of thiophene rings is 1. The summed E-state index contributed by atoms with van der Waals surface area (Å²) < 4.78 is 0.756.